The number of nitrogens with zero attached hydrogens (tertiary/aromatic N) is 2. The van der Waals surface area contributed by atoms with Crippen molar-refractivity contribution >= 4 is 58.2 Å². The summed E-state index contributed by atoms with van der Waals surface area (Å²) in [7, 11) is 0. The number of aromatic nitrogens is 1. The van der Waals surface area contributed by atoms with Gasteiger partial charge >= 0.3 is 5.97 Å². The van der Waals surface area contributed by atoms with Crippen LogP contribution in [-0.4, -0.2) is 128 Å². The minimum atomic E-state index is -1.51. The lowest BCUT2D eigenvalue weighted by atomic mass is 10.0. The van der Waals surface area contributed by atoms with E-state index in [2.05, 4.69) is 20.9 Å². The van der Waals surface area contributed by atoms with Crippen LogP contribution in [0.1, 0.15) is 44.6 Å². The Labute approximate surface area is 282 Å². The summed E-state index contributed by atoms with van der Waals surface area (Å²) in [6.07, 6.45) is 6.00. The number of thioether (sulfide) groups is 1. The fourth-order valence-corrected chi connectivity index (χ4v) is 6.74. The van der Waals surface area contributed by atoms with Crippen LogP contribution in [0.5, 0.6) is 0 Å². The summed E-state index contributed by atoms with van der Waals surface area (Å²) in [6, 6.07) is 1.40. The third-order valence-electron chi connectivity index (χ3n) is 8.89. The van der Waals surface area contributed by atoms with E-state index in [1.807, 2.05) is 30.5 Å². The predicted octanol–water partition coefficient (Wildman–Crippen LogP) is -0.676. The highest BCUT2D eigenvalue weighted by molar-refractivity contribution is 7.98. The summed E-state index contributed by atoms with van der Waals surface area (Å²) in [6.45, 7) is 1.19. The van der Waals surface area contributed by atoms with Crippen molar-refractivity contribution in [2.45, 2.75) is 81.7 Å². The van der Waals surface area contributed by atoms with Gasteiger partial charge in [-0.1, -0.05) is 18.2 Å². The van der Waals surface area contributed by atoms with Crippen LogP contribution in [0.2, 0.25) is 0 Å². The number of carboxylic acid groups (broad SMARTS) is 1. The van der Waals surface area contributed by atoms with Gasteiger partial charge in [-0.15, -0.1) is 0 Å². The Morgan fingerprint density at radius 1 is 0.958 bits per heavy atom. The zero-order chi connectivity index (χ0) is 35.0. The van der Waals surface area contributed by atoms with E-state index in [0.29, 0.717) is 37.9 Å². The maximum absolute atomic E-state index is 14.1. The first-order valence-corrected chi connectivity index (χ1v) is 17.5. The van der Waals surface area contributed by atoms with Crippen LogP contribution in [0.3, 0.4) is 0 Å². The molecule has 2 aromatic rings. The number of likely N-dealkylation sites (tertiary alicyclic amines) is 2. The molecule has 5 amide bonds. The molecule has 3 heterocycles. The second-order valence-corrected chi connectivity index (χ2v) is 13.2. The maximum Gasteiger partial charge on any atom is 0.328 e. The van der Waals surface area contributed by atoms with Crippen molar-refractivity contribution in [3.05, 3.63) is 36.0 Å². The Hall–Kier alpha value is -4.15. The maximum atomic E-state index is 14.1. The summed E-state index contributed by atoms with van der Waals surface area (Å²) in [5.41, 5.74) is 7.83. The van der Waals surface area contributed by atoms with Gasteiger partial charge < -0.3 is 46.7 Å². The molecule has 2 aliphatic heterocycles. The second kappa shape index (κ2) is 16.8. The first-order valence-electron chi connectivity index (χ1n) is 16.1. The Morgan fingerprint density at radius 2 is 1.58 bits per heavy atom. The number of carboxylic acids is 1. The largest absolute Gasteiger partial charge is 0.480 e. The highest BCUT2D eigenvalue weighted by Crippen LogP contribution is 2.24. The molecule has 262 valence electrons. The van der Waals surface area contributed by atoms with Crippen LogP contribution in [-0.2, 0) is 35.2 Å². The lowest BCUT2D eigenvalue weighted by Crippen LogP contribution is -2.58. The standard InChI is InChI=1S/C32H45N7O8S/c1-18(30(44)38-12-5-10-26(38)29(43)37-24(17-40)32(46)47)35-28(42)25-9-6-13-39(25)31(45)23(36-27(41)21(33)11-14-48-2)15-19-16-34-22-8-4-3-7-20(19)22/h3-4,7-8,16,18,21,23-26,34,40H,5-6,9-15,17,33H2,1-2H3,(H,35,42)(H,36,41)(H,37,43)(H,46,47)/t18-,21-,23-,24-,25-,26-/m0/s1. The van der Waals surface area contributed by atoms with Crippen LogP contribution in [0.25, 0.3) is 10.9 Å². The van der Waals surface area contributed by atoms with Crippen molar-refractivity contribution in [3.63, 3.8) is 0 Å². The van der Waals surface area contributed by atoms with Gasteiger partial charge in [0, 0.05) is 36.6 Å². The minimum absolute atomic E-state index is 0.168. The molecule has 2 aliphatic rings. The molecule has 0 unspecified atom stereocenters. The Bertz CT molecular complexity index is 1500. The Morgan fingerprint density at radius 3 is 2.21 bits per heavy atom. The number of hydrogen-bond acceptors (Lipinski definition) is 9. The van der Waals surface area contributed by atoms with Crippen molar-refractivity contribution < 1.29 is 39.0 Å². The minimum Gasteiger partial charge on any atom is -0.480 e. The van der Waals surface area contributed by atoms with Crippen molar-refractivity contribution in [3.8, 4) is 0 Å². The van der Waals surface area contributed by atoms with Crippen molar-refractivity contribution in [1.82, 2.24) is 30.7 Å². The van der Waals surface area contributed by atoms with Crippen LogP contribution >= 0.6 is 11.8 Å². The highest BCUT2D eigenvalue weighted by atomic mass is 32.2. The predicted molar refractivity (Wildman–Crippen MR) is 179 cm³/mol. The first kappa shape index (κ1) is 36.7. The van der Waals surface area contributed by atoms with Crippen molar-refractivity contribution in [2.75, 3.05) is 31.7 Å². The normalized spacial score (nSPS) is 20.2. The molecule has 8 N–H and O–H groups in total. The van der Waals surface area contributed by atoms with Gasteiger partial charge in [0.25, 0.3) is 0 Å². The topological polar surface area (TPSA) is 227 Å². The van der Waals surface area contributed by atoms with E-state index in [0.717, 1.165) is 16.5 Å². The summed E-state index contributed by atoms with van der Waals surface area (Å²) < 4.78 is 0. The number of hydrogen-bond donors (Lipinski definition) is 7. The number of para-hydroxylation sites is 1. The lowest BCUT2D eigenvalue weighted by Gasteiger charge is -2.31. The first-order chi connectivity index (χ1) is 23.0. The fourth-order valence-electron chi connectivity index (χ4n) is 6.25. The molecule has 2 saturated heterocycles. The number of nitrogens with two attached hydrogens (primary N) is 1. The average molecular weight is 688 g/mol. The van der Waals surface area contributed by atoms with Gasteiger partial charge in [-0.25, -0.2) is 4.79 Å². The van der Waals surface area contributed by atoms with E-state index in [4.69, 9.17) is 5.73 Å². The number of aromatic amines is 1. The molecule has 0 saturated carbocycles. The number of carbonyl (C=O) groups excluding carboxylic acids is 5. The number of H-pyrrole nitrogens is 1. The molecule has 1 aromatic carbocycles. The number of rotatable bonds is 15. The summed E-state index contributed by atoms with van der Waals surface area (Å²) in [5.74, 6) is -3.40. The van der Waals surface area contributed by atoms with Crippen LogP contribution in [0, 0.1) is 0 Å². The number of aliphatic carboxylic acids is 1. The highest BCUT2D eigenvalue weighted by Gasteiger charge is 2.41. The number of fused-ring (bicyclic) bond motifs is 1. The fraction of sp³-hybridized carbons (Fsp3) is 0.562. The number of aliphatic hydroxyl groups excluding tert-OH is 1. The monoisotopic (exact) mass is 687 g/mol. The second-order valence-electron chi connectivity index (χ2n) is 12.2. The van der Waals surface area contributed by atoms with Crippen molar-refractivity contribution in [1.29, 1.82) is 0 Å². The quantitative estimate of drug-likeness (QED) is 0.125. The third kappa shape index (κ3) is 8.65. The number of benzene rings is 1. The molecule has 0 aliphatic carbocycles. The van der Waals surface area contributed by atoms with Crippen LogP contribution in [0.4, 0.5) is 0 Å². The average Bonchev–Trinajstić information content (AvgIpc) is 3.85. The summed E-state index contributed by atoms with van der Waals surface area (Å²) in [4.78, 5) is 84.1. The number of nitrogens with one attached hydrogen (secondary N) is 4. The molecule has 0 bridgehead atoms. The van der Waals surface area contributed by atoms with Gasteiger partial charge in [0.15, 0.2) is 0 Å². The van der Waals surface area contributed by atoms with Gasteiger partial charge in [0.2, 0.25) is 29.5 Å². The van der Waals surface area contributed by atoms with E-state index in [9.17, 15) is 39.0 Å². The van der Waals surface area contributed by atoms with Gasteiger partial charge in [-0.2, -0.15) is 11.8 Å². The molecule has 4 rings (SSSR count). The van der Waals surface area contributed by atoms with Gasteiger partial charge in [0.1, 0.15) is 30.2 Å². The van der Waals surface area contributed by atoms with Gasteiger partial charge in [-0.05, 0) is 62.7 Å². The SMILES string of the molecule is CSCC[C@H](N)C(=O)N[C@@H](Cc1c[nH]c2ccccc12)C(=O)N1CCC[C@H]1C(=O)N[C@@H](C)C(=O)N1CCC[C@H]1C(=O)N[C@@H](CO)C(=O)O. The Balaban J connectivity index is 1.46. The molecule has 0 spiro atoms. The zero-order valence-electron chi connectivity index (χ0n) is 27.1. The van der Waals surface area contributed by atoms with Gasteiger partial charge in [-0.3, -0.25) is 24.0 Å². The smallest absolute Gasteiger partial charge is 0.328 e. The Kier molecular flexibility index (Phi) is 12.8. The summed E-state index contributed by atoms with van der Waals surface area (Å²) in [5, 5.41) is 27.1. The van der Waals surface area contributed by atoms with E-state index >= 15 is 0 Å². The molecule has 0 radical (unpaired) electrons. The van der Waals surface area contributed by atoms with Crippen LogP contribution < -0.4 is 21.7 Å². The van der Waals surface area contributed by atoms with E-state index < -0.39 is 78.4 Å². The molecule has 6 atom stereocenters. The molecule has 1 aromatic heterocycles. The van der Waals surface area contributed by atoms with E-state index in [1.54, 1.807) is 18.0 Å². The molecule has 15 nitrogen and oxygen atoms in total. The zero-order valence-corrected chi connectivity index (χ0v) is 28.0. The number of amides is 5. The number of carbonyl (C=O) groups is 6. The van der Waals surface area contributed by atoms with E-state index in [-0.39, 0.29) is 19.5 Å². The third-order valence-corrected chi connectivity index (χ3v) is 9.53. The molecule has 16 heteroatoms. The molecular weight excluding hydrogens is 642 g/mol. The van der Waals surface area contributed by atoms with Crippen LogP contribution in [0.15, 0.2) is 30.5 Å². The molecular formula is C32H45N7O8S. The molecule has 48 heavy (non-hydrogen) atoms. The lowest BCUT2D eigenvalue weighted by molar-refractivity contribution is -0.146. The number of aliphatic hydroxyl groups is 1. The van der Waals surface area contributed by atoms with Gasteiger partial charge in [0.05, 0.1) is 12.6 Å². The summed E-state index contributed by atoms with van der Waals surface area (Å²) >= 11 is 1.56. The molecule has 2 fully saturated rings. The van der Waals surface area contributed by atoms with E-state index in [1.165, 1.54) is 16.7 Å². The van der Waals surface area contributed by atoms with Crippen molar-refractivity contribution in [2.24, 2.45) is 5.73 Å².